The van der Waals surface area contributed by atoms with E-state index < -0.39 is 0 Å². The van der Waals surface area contributed by atoms with Crippen molar-refractivity contribution in [3.05, 3.63) is 47.7 Å². The Labute approximate surface area is 117 Å². The molecule has 0 aliphatic rings. The summed E-state index contributed by atoms with van der Waals surface area (Å²) in [4.78, 5) is 4.45. The van der Waals surface area contributed by atoms with Gasteiger partial charge in [0.05, 0.1) is 12.7 Å². The van der Waals surface area contributed by atoms with Gasteiger partial charge in [0.2, 0.25) is 5.88 Å². The van der Waals surface area contributed by atoms with E-state index in [4.69, 9.17) is 27.4 Å². The molecule has 0 saturated carbocycles. The summed E-state index contributed by atoms with van der Waals surface area (Å²) in [7, 11) is 1.61. The van der Waals surface area contributed by atoms with Crippen LogP contribution in [0.5, 0.6) is 17.4 Å². The van der Waals surface area contributed by atoms with Crippen LogP contribution in [0.25, 0.3) is 0 Å². The summed E-state index contributed by atoms with van der Waals surface area (Å²) in [6.45, 7) is 1.91. The number of benzene rings is 1. The SMILES string of the molecule is COc1ccc(Oc2nccc(C)c2C(N)=S)cc1. The van der Waals surface area contributed by atoms with Crippen LogP contribution in [0, 0.1) is 6.92 Å². The van der Waals surface area contributed by atoms with Gasteiger partial charge in [-0.1, -0.05) is 12.2 Å². The van der Waals surface area contributed by atoms with Gasteiger partial charge < -0.3 is 15.2 Å². The second-order valence-corrected chi connectivity index (χ2v) is 4.39. The number of nitrogens with zero attached hydrogens (tertiary/aromatic N) is 1. The van der Waals surface area contributed by atoms with Gasteiger partial charge >= 0.3 is 0 Å². The molecule has 0 atom stereocenters. The van der Waals surface area contributed by atoms with Gasteiger partial charge in [-0.3, -0.25) is 0 Å². The van der Waals surface area contributed by atoms with Crippen LogP contribution in [0.15, 0.2) is 36.5 Å². The number of pyridine rings is 1. The molecule has 0 amide bonds. The first kappa shape index (κ1) is 13.3. The van der Waals surface area contributed by atoms with E-state index in [0.717, 1.165) is 11.3 Å². The highest BCUT2D eigenvalue weighted by Crippen LogP contribution is 2.26. The third-order valence-electron chi connectivity index (χ3n) is 2.64. The summed E-state index contributed by atoms with van der Waals surface area (Å²) in [5, 5.41) is 0. The van der Waals surface area contributed by atoms with Crippen LogP contribution in [-0.4, -0.2) is 17.1 Å². The van der Waals surface area contributed by atoms with E-state index in [2.05, 4.69) is 4.98 Å². The van der Waals surface area contributed by atoms with Crippen molar-refractivity contribution < 1.29 is 9.47 Å². The monoisotopic (exact) mass is 274 g/mol. The molecule has 1 aromatic heterocycles. The Kier molecular flexibility index (Phi) is 3.97. The van der Waals surface area contributed by atoms with E-state index in [1.54, 1.807) is 25.4 Å². The Morgan fingerprint density at radius 1 is 1.16 bits per heavy atom. The normalized spacial score (nSPS) is 10.0. The molecular weight excluding hydrogens is 260 g/mol. The van der Waals surface area contributed by atoms with Crippen LogP contribution in [0.2, 0.25) is 0 Å². The highest BCUT2D eigenvalue weighted by atomic mass is 32.1. The highest BCUT2D eigenvalue weighted by Gasteiger charge is 2.12. The van der Waals surface area contributed by atoms with Crippen molar-refractivity contribution in [2.75, 3.05) is 7.11 Å². The van der Waals surface area contributed by atoms with Crippen molar-refractivity contribution in [3.8, 4) is 17.4 Å². The van der Waals surface area contributed by atoms with Gasteiger partial charge in [-0.05, 0) is 42.8 Å². The zero-order valence-electron chi connectivity index (χ0n) is 10.7. The second-order valence-electron chi connectivity index (χ2n) is 3.95. The summed E-state index contributed by atoms with van der Waals surface area (Å²) in [5.74, 6) is 1.83. The van der Waals surface area contributed by atoms with Gasteiger partial charge in [0.25, 0.3) is 0 Å². The molecule has 0 spiro atoms. The molecule has 0 unspecified atom stereocenters. The van der Waals surface area contributed by atoms with Crippen LogP contribution >= 0.6 is 12.2 Å². The molecule has 0 bridgehead atoms. The lowest BCUT2D eigenvalue weighted by Gasteiger charge is -2.11. The molecule has 19 heavy (non-hydrogen) atoms. The molecule has 5 heteroatoms. The van der Waals surface area contributed by atoms with Crippen molar-refractivity contribution in [1.82, 2.24) is 4.98 Å². The fourth-order valence-electron chi connectivity index (χ4n) is 1.67. The molecule has 0 radical (unpaired) electrons. The second kappa shape index (κ2) is 5.67. The number of thiocarbonyl (C=S) groups is 1. The first-order valence-electron chi connectivity index (χ1n) is 5.69. The molecule has 0 fully saturated rings. The zero-order valence-corrected chi connectivity index (χ0v) is 11.5. The van der Waals surface area contributed by atoms with Crippen molar-refractivity contribution in [3.63, 3.8) is 0 Å². The lowest BCUT2D eigenvalue weighted by Crippen LogP contribution is -2.13. The van der Waals surface area contributed by atoms with E-state index in [1.807, 2.05) is 25.1 Å². The Morgan fingerprint density at radius 3 is 2.37 bits per heavy atom. The number of ether oxygens (including phenoxy) is 2. The molecule has 2 N–H and O–H groups in total. The minimum atomic E-state index is 0.272. The first-order valence-corrected chi connectivity index (χ1v) is 6.10. The third-order valence-corrected chi connectivity index (χ3v) is 2.85. The smallest absolute Gasteiger partial charge is 0.229 e. The van der Waals surface area contributed by atoms with Crippen molar-refractivity contribution in [1.29, 1.82) is 0 Å². The zero-order chi connectivity index (χ0) is 13.8. The van der Waals surface area contributed by atoms with E-state index in [0.29, 0.717) is 17.2 Å². The molecule has 1 aromatic carbocycles. The molecule has 4 nitrogen and oxygen atoms in total. The highest BCUT2D eigenvalue weighted by molar-refractivity contribution is 7.80. The summed E-state index contributed by atoms with van der Waals surface area (Å²) >= 11 is 5.03. The molecule has 98 valence electrons. The molecular formula is C14H14N2O2S. The number of methoxy groups -OCH3 is 1. The molecule has 0 saturated heterocycles. The minimum absolute atomic E-state index is 0.272. The maximum Gasteiger partial charge on any atom is 0.229 e. The maximum absolute atomic E-state index is 5.72. The number of hydrogen-bond donors (Lipinski definition) is 1. The van der Waals surface area contributed by atoms with E-state index in [1.165, 1.54) is 0 Å². The Morgan fingerprint density at radius 2 is 1.79 bits per heavy atom. The number of rotatable bonds is 4. The quantitative estimate of drug-likeness (QED) is 0.869. The van der Waals surface area contributed by atoms with Crippen molar-refractivity contribution >= 4 is 17.2 Å². The Hall–Kier alpha value is -2.14. The van der Waals surface area contributed by atoms with Gasteiger partial charge in [0.15, 0.2) is 0 Å². The van der Waals surface area contributed by atoms with Crippen molar-refractivity contribution in [2.24, 2.45) is 5.73 Å². The first-order chi connectivity index (χ1) is 9.11. The van der Waals surface area contributed by atoms with Crippen molar-refractivity contribution in [2.45, 2.75) is 6.92 Å². The summed E-state index contributed by atoms with van der Waals surface area (Å²) in [5.41, 5.74) is 7.30. The molecule has 2 aromatic rings. The average molecular weight is 274 g/mol. The van der Waals surface area contributed by atoms with Gasteiger partial charge in [0.1, 0.15) is 16.5 Å². The molecule has 2 rings (SSSR count). The summed E-state index contributed by atoms with van der Waals surface area (Å²) in [6.07, 6.45) is 1.66. The van der Waals surface area contributed by atoms with E-state index in [-0.39, 0.29) is 4.99 Å². The van der Waals surface area contributed by atoms with Crippen LogP contribution in [0.4, 0.5) is 0 Å². The van der Waals surface area contributed by atoms with Gasteiger partial charge in [-0.15, -0.1) is 0 Å². The number of aromatic nitrogens is 1. The number of nitrogens with two attached hydrogens (primary N) is 1. The lowest BCUT2D eigenvalue weighted by molar-refractivity contribution is 0.412. The van der Waals surface area contributed by atoms with Crippen LogP contribution in [-0.2, 0) is 0 Å². The van der Waals surface area contributed by atoms with Crippen LogP contribution in [0.1, 0.15) is 11.1 Å². The minimum Gasteiger partial charge on any atom is -0.497 e. The number of aryl methyl sites for hydroxylation is 1. The fraction of sp³-hybridized carbons (Fsp3) is 0.143. The molecule has 0 aliphatic carbocycles. The van der Waals surface area contributed by atoms with Crippen LogP contribution < -0.4 is 15.2 Å². The van der Waals surface area contributed by atoms with Gasteiger partial charge in [-0.25, -0.2) is 4.98 Å². The maximum atomic E-state index is 5.72. The standard InChI is InChI=1S/C14H14N2O2S/c1-9-7-8-16-14(12(9)13(15)19)18-11-5-3-10(17-2)4-6-11/h3-8H,1-2H3,(H2,15,19). The number of hydrogen-bond acceptors (Lipinski definition) is 4. The largest absolute Gasteiger partial charge is 0.497 e. The Bertz CT molecular complexity index is 597. The van der Waals surface area contributed by atoms with E-state index in [9.17, 15) is 0 Å². The molecule has 1 heterocycles. The summed E-state index contributed by atoms with van der Waals surface area (Å²) in [6, 6.07) is 9.06. The average Bonchev–Trinajstić information content (AvgIpc) is 2.39. The predicted molar refractivity (Wildman–Crippen MR) is 77.9 cm³/mol. The van der Waals surface area contributed by atoms with Gasteiger partial charge in [-0.2, -0.15) is 0 Å². The summed E-state index contributed by atoms with van der Waals surface area (Å²) < 4.78 is 10.8. The van der Waals surface area contributed by atoms with Crippen LogP contribution in [0.3, 0.4) is 0 Å². The topological polar surface area (TPSA) is 57.4 Å². The third kappa shape index (κ3) is 3.00. The predicted octanol–water partition coefficient (Wildman–Crippen LogP) is 2.83. The lowest BCUT2D eigenvalue weighted by atomic mass is 10.1. The van der Waals surface area contributed by atoms with Gasteiger partial charge in [0, 0.05) is 6.20 Å². The Balaban J connectivity index is 2.32. The molecule has 0 aliphatic heterocycles. The fourth-order valence-corrected chi connectivity index (χ4v) is 1.91. The van der Waals surface area contributed by atoms with E-state index >= 15 is 0 Å².